The summed E-state index contributed by atoms with van der Waals surface area (Å²) in [6.07, 6.45) is 4.75. The van der Waals surface area contributed by atoms with Gasteiger partial charge in [-0.05, 0) is 49.5 Å². The number of amides is 1. The van der Waals surface area contributed by atoms with Crippen molar-refractivity contribution in [1.82, 2.24) is 10.6 Å². The van der Waals surface area contributed by atoms with Crippen molar-refractivity contribution in [3.8, 4) is 0 Å². The highest BCUT2D eigenvalue weighted by Gasteiger charge is 2.06. The van der Waals surface area contributed by atoms with Gasteiger partial charge in [0.25, 0.3) is 0 Å². The van der Waals surface area contributed by atoms with Crippen LogP contribution in [0.1, 0.15) is 24.8 Å². The number of carbonyl (C=O) groups is 1. The quantitative estimate of drug-likeness (QED) is 0.209. The van der Waals surface area contributed by atoms with E-state index in [1.54, 1.807) is 7.05 Å². The molecule has 1 aromatic carbocycles. The summed E-state index contributed by atoms with van der Waals surface area (Å²) in [7, 11) is 1.73. The molecule has 5 nitrogen and oxygen atoms in total. The maximum absolute atomic E-state index is 12.0. The smallest absolute Gasteiger partial charge is 0.226 e. The topological polar surface area (TPSA) is 65.5 Å². The SMILES string of the molecule is CN=C(NCCCCSC)NCCC(=O)Nc1ccc(C)cc1Cl.I. The summed E-state index contributed by atoms with van der Waals surface area (Å²) in [5.74, 6) is 1.82. The Kier molecular flexibility index (Phi) is 14.1. The fraction of sp³-hybridized carbons (Fsp3) is 0.529. The second-order valence-electron chi connectivity index (χ2n) is 5.41. The Balaban J connectivity index is 0.00000576. The van der Waals surface area contributed by atoms with Crippen LogP contribution < -0.4 is 16.0 Å². The van der Waals surface area contributed by atoms with Gasteiger partial charge in [0, 0.05) is 26.6 Å². The fourth-order valence-electron chi connectivity index (χ4n) is 2.03. The lowest BCUT2D eigenvalue weighted by Gasteiger charge is -2.12. The van der Waals surface area contributed by atoms with Crippen molar-refractivity contribution in [3.05, 3.63) is 28.8 Å². The molecule has 0 unspecified atom stereocenters. The van der Waals surface area contributed by atoms with Crippen molar-refractivity contribution >= 4 is 64.9 Å². The first-order valence-corrected chi connectivity index (χ1v) is 9.83. The van der Waals surface area contributed by atoms with E-state index in [9.17, 15) is 4.79 Å². The number of nitrogens with one attached hydrogen (secondary N) is 3. The molecule has 0 aliphatic rings. The Morgan fingerprint density at radius 3 is 2.60 bits per heavy atom. The van der Waals surface area contributed by atoms with Crippen molar-refractivity contribution < 1.29 is 4.79 Å². The molecule has 1 amide bonds. The van der Waals surface area contributed by atoms with E-state index in [1.165, 1.54) is 12.2 Å². The Labute approximate surface area is 177 Å². The lowest BCUT2D eigenvalue weighted by atomic mass is 10.2. The van der Waals surface area contributed by atoms with Gasteiger partial charge < -0.3 is 16.0 Å². The number of benzene rings is 1. The Morgan fingerprint density at radius 2 is 1.96 bits per heavy atom. The molecule has 8 heteroatoms. The second-order valence-corrected chi connectivity index (χ2v) is 6.80. The highest BCUT2D eigenvalue weighted by atomic mass is 127. The molecule has 1 rings (SSSR count). The number of hydrogen-bond donors (Lipinski definition) is 3. The standard InChI is InChI=1S/C17H27ClN4OS.HI/c1-13-6-7-15(14(18)12-13)22-16(23)8-10-21-17(19-2)20-9-4-5-11-24-3;/h6-7,12H,4-5,8-11H2,1-3H3,(H,22,23)(H2,19,20,21);1H. The Morgan fingerprint density at radius 1 is 1.24 bits per heavy atom. The van der Waals surface area contributed by atoms with Gasteiger partial charge in [-0.3, -0.25) is 9.79 Å². The first-order valence-electron chi connectivity index (χ1n) is 8.06. The predicted molar refractivity (Wildman–Crippen MR) is 122 cm³/mol. The number of unbranched alkanes of at least 4 members (excludes halogenated alkanes) is 1. The molecule has 0 saturated carbocycles. The first kappa shape index (κ1) is 24.3. The van der Waals surface area contributed by atoms with Gasteiger partial charge in [0.2, 0.25) is 5.91 Å². The van der Waals surface area contributed by atoms with Gasteiger partial charge >= 0.3 is 0 Å². The molecule has 25 heavy (non-hydrogen) atoms. The molecule has 3 N–H and O–H groups in total. The average molecular weight is 499 g/mol. The summed E-state index contributed by atoms with van der Waals surface area (Å²) < 4.78 is 0. The molecule has 0 saturated heterocycles. The first-order chi connectivity index (χ1) is 11.6. The molecular weight excluding hydrogens is 471 g/mol. The van der Waals surface area contributed by atoms with Crippen molar-refractivity contribution in [1.29, 1.82) is 0 Å². The summed E-state index contributed by atoms with van der Waals surface area (Å²) in [6, 6.07) is 5.57. The minimum absolute atomic E-state index is 0. The second kappa shape index (κ2) is 14.5. The third-order valence-electron chi connectivity index (χ3n) is 3.33. The molecule has 0 aliphatic heterocycles. The summed E-state index contributed by atoms with van der Waals surface area (Å²) in [4.78, 5) is 16.1. The highest BCUT2D eigenvalue weighted by Crippen LogP contribution is 2.22. The minimum atomic E-state index is -0.0799. The molecule has 0 aromatic heterocycles. The number of thioether (sulfide) groups is 1. The van der Waals surface area contributed by atoms with E-state index in [4.69, 9.17) is 11.6 Å². The lowest BCUT2D eigenvalue weighted by molar-refractivity contribution is -0.116. The maximum atomic E-state index is 12.0. The van der Waals surface area contributed by atoms with Crippen LogP contribution in [0.3, 0.4) is 0 Å². The number of rotatable bonds is 9. The number of guanidine groups is 1. The zero-order valence-corrected chi connectivity index (χ0v) is 18.9. The summed E-state index contributed by atoms with van der Waals surface area (Å²) in [6.45, 7) is 3.35. The number of aliphatic imine (C=N–C) groups is 1. The van der Waals surface area contributed by atoms with E-state index in [1.807, 2.05) is 36.9 Å². The number of aryl methyl sites for hydroxylation is 1. The van der Waals surface area contributed by atoms with Crippen LogP contribution in [0.5, 0.6) is 0 Å². The third-order valence-corrected chi connectivity index (χ3v) is 4.34. The molecular formula is C17H28ClIN4OS. The number of halogens is 2. The maximum Gasteiger partial charge on any atom is 0.226 e. The average Bonchev–Trinajstić information content (AvgIpc) is 2.55. The monoisotopic (exact) mass is 498 g/mol. The number of nitrogens with zero attached hydrogens (tertiary/aromatic N) is 1. The fourth-order valence-corrected chi connectivity index (χ4v) is 2.80. The zero-order valence-electron chi connectivity index (χ0n) is 15.0. The van der Waals surface area contributed by atoms with Crippen molar-refractivity contribution in [3.63, 3.8) is 0 Å². The molecule has 0 spiro atoms. The largest absolute Gasteiger partial charge is 0.356 e. The van der Waals surface area contributed by atoms with Gasteiger partial charge in [-0.25, -0.2) is 0 Å². The van der Waals surface area contributed by atoms with E-state index >= 15 is 0 Å². The van der Waals surface area contributed by atoms with Gasteiger partial charge in [0.1, 0.15) is 0 Å². The van der Waals surface area contributed by atoms with E-state index in [0.29, 0.717) is 23.7 Å². The normalized spacial score (nSPS) is 10.8. The van der Waals surface area contributed by atoms with E-state index in [2.05, 4.69) is 27.2 Å². The molecule has 142 valence electrons. The van der Waals surface area contributed by atoms with Crippen molar-refractivity contribution in [2.45, 2.75) is 26.2 Å². The number of hydrogen-bond acceptors (Lipinski definition) is 3. The minimum Gasteiger partial charge on any atom is -0.356 e. The van der Waals surface area contributed by atoms with Crippen LogP contribution in [0.25, 0.3) is 0 Å². The van der Waals surface area contributed by atoms with E-state index in [-0.39, 0.29) is 29.9 Å². The number of anilines is 1. The van der Waals surface area contributed by atoms with Crippen LogP contribution in [-0.2, 0) is 4.79 Å². The summed E-state index contributed by atoms with van der Waals surface area (Å²) in [5.41, 5.74) is 1.70. The van der Waals surface area contributed by atoms with Crippen LogP contribution >= 0.6 is 47.3 Å². The molecule has 0 radical (unpaired) electrons. The van der Waals surface area contributed by atoms with Crippen LogP contribution in [0.4, 0.5) is 5.69 Å². The van der Waals surface area contributed by atoms with Crippen molar-refractivity contribution in [2.24, 2.45) is 4.99 Å². The molecule has 0 aliphatic carbocycles. The Hall–Kier alpha value is -0.670. The molecule has 0 bridgehead atoms. The van der Waals surface area contributed by atoms with Crippen LogP contribution in [0.2, 0.25) is 5.02 Å². The molecule has 0 heterocycles. The lowest BCUT2D eigenvalue weighted by Crippen LogP contribution is -2.39. The molecule has 0 atom stereocenters. The molecule has 0 fully saturated rings. The predicted octanol–water partition coefficient (Wildman–Crippen LogP) is 3.90. The van der Waals surface area contributed by atoms with Gasteiger partial charge in [0.15, 0.2) is 5.96 Å². The summed E-state index contributed by atoms with van der Waals surface area (Å²) >= 11 is 7.97. The van der Waals surface area contributed by atoms with E-state index in [0.717, 1.165) is 24.5 Å². The van der Waals surface area contributed by atoms with Gasteiger partial charge in [0.05, 0.1) is 10.7 Å². The van der Waals surface area contributed by atoms with Crippen LogP contribution in [0.15, 0.2) is 23.2 Å². The van der Waals surface area contributed by atoms with Crippen molar-refractivity contribution in [2.75, 3.05) is 37.5 Å². The number of carbonyl (C=O) groups excluding carboxylic acids is 1. The van der Waals surface area contributed by atoms with E-state index < -0.39 is 0 Å². The van der Waals surface area contributed by atoms with Gasteiger partial charge in [-0.15, -0.1) is 24.0 Å². The molecule has 1 aromatic rings. The van der Waals surface area contributed by atoms with Gasteiger partial charge in [-0.1, -0.05) is 17.7 Å². The zero-order chi connectivity index (χ0) is 17.8. The third kappa shape index (κ3) is 10.8. The Bertz CT molecular complexity index is 557. The van der Waals surface area contributed by atoms with Crippen LogP contribution in [-0.4, -0.2) is 44.0 Å². The summed E-state index contributed by atoms with van der Waals surface area (Å²) in [5, 5.41) is 9.76. The highest BCUT2D eigenvalue weighted by molar-refractivity contribution is 14.0. The van der Waals surface area contributed by atoms with Gasteiger partial charge in [-0.2, -0.15) is 11.8 Å². The van der Waals surface area contributed by atoms with Crippen LogP contribution in [0, 0.1) is 6.92 Å².